The summed E-state index contributed by atoms with van der Waals surface area (Å²) in [4.78, 5) is 80.7. The summed E-state index contributed by atoms with van der Waals surface area (Å²) in [5.41, 5.74) is 3.36. The minimum absolute atomic E-state index is 0. The molecule has 0 spiro atoms. The van der Waals surface area contributed by atoms with Gasteiger partial charge in [-0.25, -0.2) is 54.2 Å². The Morgan fingerprint density at radius 3 is 1.12 bits per heavy atom. The minimum Gasteiger partial charge on any atom is -0.469 e. The monoisotopic (exact) mass is 1520 g/mol. The number of halogens is 2. The van der Waals surface area contributed by atoms with Gasteiger partial charge in [0.05, 0.1) is 80.1 Å². The standard InChI is InChI=1S/C31H39O4PSi.C29H42FN3O6SSi.C16H18FN3O3S.2CH4/c1-31(2,3)37(5,6)35-26(23-30(33)34-4)22-25(32)24-36(27-16-10-7-11-17-27,28-18-12-8-13-19-28)29-20-14-9-15-21-29;1-19(2)26-24(16-15-22(34)17-23(18-25(35)38-7)39-41(9,10)29(3,4)5)27(20-11-13-21(30)14-12-20)32-28(31-26)33(6)40(8,36)37;1-10(2)14-13(9-21)15(11-5-7-12(17)8-6-11)19-16(18-14)20(3)24(4,22)23;;/h7-21,24,26H,22-23H2,1-6H3;11-16,19,23H,17-18H2,1-10H3;5-10H,1-4H3;2*1H4/b;16-15+;;;/t26-;23-;;;/m11.../s1. The van der Waals surface area contributed by atoms with E-state index in [0.717, 1.165) is 37.0 Å². The number of rotatable bonds is 27. The number of ketones is 2. The van der Waals surface area contributed by atoms with Gasteiger partial charge < -0.3 is 18.3 Å². The molecule has 2 heterocycles. The Kier molecular flexibility index (Phi) is 33.2. The average Bonchev–Trinajstić information content (AvgIpc) is 0.765. The lowest BCUT2D eigenvalue weighted by atomic mass is 9.97. The normalized spacial score (nSPS) is 12.6. The van der Waals surface area contributed by atoms with Gasteiger partial charge in [0.1, 0.15) is 11.6 Å². The number of aldehydes is 1. The van der Waals surface area contributed by atoms with Crippen molar-refractivity contribution < 1.29 is 67.9 Å². The van der Waals surface area contributed by atoms with Gasteiger partial charge in [0, 0.05) is 43.6 Å². The maximum absolute atomic E-state index is 13.9. The highest BCUT2D eigenvalue weighted by Gasteiger charge is 2.42. The van der Waals surface area contributed by atoms with E-state index >= 15 is 0 Å². The Bertz CT molecular complexity index is 4270. The van der Waals surface area contributed by atoms with Crippen LogP contribution in [-0.4, -0.2) is 142 Å². The Balaban J connectivity index is 0.000000414. The van der Waals surface area contributed by atoms with E-state index in [-0.39, 0.29) is 103 Å². The van der Waals surface area contributed by atoms with Gasteiger partial charge in [-0.1, -0.05) is 175 Å². The first kappa shape index (κ1) is 90.2. The number of nitrogens with zero attached hydrogens (tertiary/aromatic N) is 6. The molecular weight excluding hydrogens is 1420 g/mol. The number of Topliss-reactive ketones (excluding diaryl/α,β-unsaturated/α-hetero) is 1. The van der Waals surface area contributed by atoms with E-state index in [1.165, 1.54) is 82.9 Å². The summed E-state index contributed by atoms with van der Waals surface area (Å²) in [7, 11) is -6.41. The molecule has 7 rings (SSSR count). The van der Waals surface area contributed by atoms with Crippen LogP contribution in [-0.2, 0) is 57.6 Å². The lowest BCUT2D eigenvalue weighted by Crippen LogP contribution is -2.45. The first-order valence-corrected chi connectivity index (χ1v) is 44.6. The third-order valence-electron chi connectivity index (χ3n) is 17.8. The number of anilines is 2. The van der Waals surface area contributed by atoms with E-state index in [1.807, 2.05) is 101 Å². The second-order valence-corrected chi connectivity index (χ2v) is 45.1. The highest BCUT2D eigenvalue weighted by atomic mass is 32.2. The van der Waals surface area contributed by atoms with Crippen LogP contribution in [0.5, 0.6) is 0 Å². The van der Waals surface area contributed by atoms with Gasteiger partial charge in [0.15, 0.2) is 34.5 Å². The molecule has 2 atom stereocenters. The van der Waals surface area contributed by atoms with Crippen LogP contribution in [0.25, 0.3) is 28.6 Å². The molecule has 26 heteroatoms. The van der Waals surface area contributed by atoms with Crippen molar-refractivity contribution in [1.29, 1.82) is 0 Å². The maximum atomic E-state index is 13.9. The average molecular weight is 1530 g/mol. The van der Waals surface area contributed by atoms with Crippen LogP contribution >= 0.6 is 6.89 Å². The molecule has 0 aliphatic rings. The molecule has 2 aromatic heterocycles. The van der Waals surface area contributed by atoms with Crippen molar-refractivity contribution in [2.24, 2.45) is 0 Å². The molecule has 0 bridgehead atoms. The third kappa shape index (κ3) is 24.5. The number of esters is 2. The van der Waals surface area contributed by atoms with E-state index in [1.54, 1.807) is 6.08 Å². The summed E-state index contributed by atoms with van der Waals surface area (Å²) >= 11 is 0. The van der Waals surface area contributed by atoms with Crippen LogP contribution in [0, 0.1) is 11.6 Å². The first-order chi connectivity index (χ1) is 47.4. The molecule has 0 radical (unpaired) electrons. The largest absolute Gasteiger partial charge is 0.469 e. The van der Waals surface area contributed by atoms with E-state index in [0.29, 0.717) is 40.1 Å². The van der Waals surface area contributed by atoms with E-state index in [9.17, 15) is 49.6 Å². The number of allylic oxidation sites excluding steroid dienone is 1. The molecule has 0 amide bonds. The first-order valence-electron chi connectivity index (χ1n) is 33.2. The van der Waals surface area contributed by atoms with Crippen molar-refractivity contribution in [3.8, 4) is 22.5 Å². The second-order valence-electron chi connectivity index (χ2n) is 28.3. The molecule has 0 fully saturated rings. The van der Waals surface area contributed by atoms with E-state index < -0.39 is 73.4 Å². The molecule has 0 unspecified atom stereocenters. The Labute approximate surface area is 619 Å². The summed E-state index contributed by atoms with van der Waals surface area (Å²) in [5.74, 6) is -0.460. The van der Waals surface area contributed by atoms with Crippen molar-refractivity contribution in [3.63, 3.8) is 0 Å². The van der Waals surface area contributed by atoms with Crippen molar-refractivity contribution >= 4 is 113 Å². The number of carbonyl (C=O) groups is 5. The van der Waals surface area contributed by atoms with E-state index in [2.05, 4.69) is 111 Å². The maximum Gasteiger partial charge on any atom is 0.308 e. The second kappa shape index (κ2) is 38.3. The number of aromatic nitrogens is 4. The van der Waals surface area contributed by atoms with E-state index in [4.69, 9.17) is 18.3 Å². The van der Waals surface area contributed by atoms with Gasteiger partial charge in [-0.3, -0.25) is 24.0 Å². The Morgan fingerprint density at radius 2 is 0.827 bits per heavy atom. The van der Waals surface area contributed by atoms with Crippen molar-refractivity contribution in [2.45, 2.75) is 170 Å². The van der Waals surface area contributed by atoms with Gasteiger partial charge in [0.2, 0.25) is 31.9 Å². The molecule has 7 aromatic rings. The van der Waals surface area contributed by atoms with Crippen molar-refractivity contribution in [3.05, 3.63) is 180 Å². The zero-order valence-corrected chi connectivity index (χ0v) is 66.8. The molecule has 566 valence electrons. The molecule has 0 aliphatic carbocycles. The van der Waals surface area contributed by atoms with Gasteiger partial charge in [-0.15, -0.1) is 0 Å². The quantitative estimate of drug-likeness (QED) is 0.0153. The Hall–Kier alpha value is -8.04. The number of carbonyl (C=O) groups excluding carboxylic acids is 5. The zero-order valence-electron chi connectivity index (χ0n) is 62.2. The summed E-state index contributed by atoms with van der Waals surface area (Å²) < 4.78 is 99.7. The van der Waals surface area contributed by atoms with Crippen LogP contribution < -0.4 is 24.5 Å². The number of hydrogen-bond acceptors (Lipinski definition) is 17. The van der Waals surface area contributed by atoms with Gasteiger partial charge in [-0.05, 0) is 137 Å². The molecule has 104 heavy (non-hydrogen) atoms. The molecule has 0 aliphatic heterocycles. The number of hydrogen-bond donors (Lipinski definition) is 0. The predicted molar refractivity (Wildman–Crippen MR) is 425 cm³/mol. The fourth-order valence-electron chi connectivity index (χ4n) is 10.0. The van der Waals surface area contributed by atoms with Crippen LogP contribution in [0.15, 0.2) is 146 Å². The third-order valence-corrected chi connectivity index (χ3v) is 33.2. The molecule has 5 aromatic carbocycles. The van der Waals surface area contributed by atoms with Gasteiger partial charge in [0.25, 0.3) is 0 Å². The topological polar surface area (TPSA) is 249 Å². The highest BCUT2D eigenvalue weighted by Crippen LogP contribution is 2.45. The van der Waals surface area contributed by atoms with Crippen molar-refractivity contribution in [1.82, 2.24) is 19.9 Å². The van der Waals surface area contributed by atoms with Crippen molar-refractivity contribution in [2.75, 3.05) is 49.4 Å². The number of ether oxygens (including phenoxy) is 2. The summed E-state index contributed by atoms with van der Waals surface area (Å²) in [5, 5.41) is 3.14. The molecular formula is C78H107F2N6O13PS2Si2. The number of methoxy groups -OCH3 is 2. The van der Waals surface area contributed by atoms with Gasteiger partial charge >= 0.3 is 11.9 Å². The summed E-state index contributed by atoms with van der Waals surface area (Å²) in [6.45, 7) is 26.1. The van der Waals surface area contributed by atoms with Crippen LogP contribution in [0.2, 0.25) is 36.3 Å². The zero-order chi connectivity index (χ0) is 76.5. The van der Waals surface area contributed by atoms with Crippen LogP contribution in [0.4, 0.5) is 20.7 Å². The highest BCUT2D eigenvalue weighted by molar-refractivity contribution is 7.95. The molecule has 0 saturated carbocycles. The lowest BCUT2D eigenvalue weighted by Gasteiger charge is -2.39. The Morgan fingerprint density at radius 1 is 0.510 bits per heavy atom. The summed E-state index contributed by atoms with van der Waals surface area (Å²) in [6, 6.07) is 41.9. The SMILES string of the molecule is C.C.CC(C)c1nc(N(C)S(C)(=O)=O)nc(-c2ccc(F)cc2)c1C=O.COC(=O)C[C@@H](CC(=O)/C=C/c1c(-c2ccc(F)cc2)nc(N(C)S(C)(=O)=O)nc1C(C)C)O[Si](C)(C)C(C)(C)C.COC(=O)C[C@@H](CC(=O)C=P(c1ccccc1)(c1ccccc1)c1ccccc1)O[Si](C)(C)C(C)(C)C. The fourth-order valence-corrected chi connectivity index (χ4v) is 17.3. The van der Waals surface area contributed by atoms with Gasteiger partial charge in [-0.2, -0.15) is 0 Å². The molecule has 0 N–H and O–H groups in total. The summed E-state index contributed by atoms with van der Waals surface area (Å²) in [6.07, 6.45) is 4.56. The lowest BCUT2D eigenvalue weighted by molar-refractivity contribution is -0.144. The predicted octanol–water partition coefficient (Wildman–Crippen LogP) is 15.3. The molecule has 0 saturated heterocycles. The minimum atomic E-state index is -3.67. The smallest absolute Gasteiger partial charge is 0.308 e. The van der Waals surface area contributed by atoms with Crippen LogP contribution in [0.1, 0.15) is 149 Å². The van der Waals surface area contributed by atoms with Crippen LogP contribution in [0.3, 0.4) is 0 Å². The number of benzene rings is 5. The number of sulfonamides is 2. The fraction of sp³-hybridized carbons (Fsp3) is 0.410. The molecule has 19 nitrogen and oxygen atoms in total.